The number of fused-ring (bicyclic) bond motifs is 1. The number of thiazole rings is 1. The predicted octanol–water partition coefficient (Wildman–Crippen LogP) is 2.19. The van der Waals surface area contributed by atoms with Crippen molar-refractivity contribution in [3.05, 3.63) is 26.9 Å². The summed E-state index contributed by atoms with van der Waals surface area (Å²) in [6.07, 6.45) is 2.89. The SMILES string of the molecule is O=C(O)c1cc(S(=O)(=O)Nc2nc3c(s2)CCC3)cs1. The molecule has 0 radical (unpaired) electrons. The summed E-state index contributed by atoms with van der Waals surface area (Å²) in [6, 6.07) is 1.15. The fraction of sp³-hybridized carbons (Fsp3) is 0.273. The Morgan fingerprint density at radius 2 is 2.20 bits per heavy atom. The maximum atomic E-state index is 12.1. The number of thiophene rings is 1. The first-order chi connectivity index (χ1) is 9.45. The van der Waals surface area contributed by atoms with Crippen LogP contribution in [0.15, 0.2) is 16.3 Å². The van der Waals surface area contributed by atoms with Gasteiger partial charge in [-0.15, -0.1) is 22.7 Å². The van der Waals surface area contributed by atoms with Crippen LogP contribution in [0.5, 0.6) is 0 Å². The number of sulfonamides is 1. The Balaban J connectivity index is 1.85. The standard InChI is InChI=1S/C11H10N2O4S3/c14-10(15)9-4-6(5-18-9)20(16,17)13-11-12-7-2-1-3-8(7)19-11/h4-5H,1-3H2,(H,12,13)(H,14,15). The van der Waals surface area contributed by atoms with Gasteiger partial charge in [-0.3, -0.25) is 4.72 Å². The highest BCUT2D eigenvalue weighted by atomic mass is 32.2. The number of aromatic nitrogens is 1. The third kappa shape index (κ3) is 2.43. The van der Waals surface area contributed by atoms with E-state index in [0.717, 1.165) is 47.2 Å². The van der Waals surface area contributed by atoms with Crippen LogP contribution in [0, 0.1) is 0 Å². The number of nitrogens with one attached hydrogen (secondary N) is 1. The zero-order valence-corrected chi connectivity index (χ0v) is 12.6. The summed E-state index contributed by atoms with van der Waals surface area (Å²) in [7, 11) is -3.77. The minimum atomic E-state index is -3.77. The second-order valence-corrected chi connectivity index (χ2v) is 7.98. The molecule has 0 unspecified atom stereocenters. The Labute approximate surface area is 123 Å². The Bertz CT molecular complexity index is 754. The molecule has 106 valence electrons. The van der Waals surface area contributed by atoms with Crippen LogP contribution in [-0.4, -0.2) is 24.5 Å². The summed E-state index contributed by atoms with van der Waals surface area (Å²) in [5, 5.41) is 10.5. The fourth-order valence-electron chi connectivity index (χ4n) is 1.98. The molecule has 0 aromatic carbocycles. The van der Waals surface area contributed by atoms with Gasteiger partial charge in [0.1, 0.15) is 4.88 Å². The molecule has 0 atom stereocenters. The molecule has 0 fully saturated rings. The van der Waals surface area contributed by atoms with E-state index in [4.69, 9.17) is 5.11 Å². The van der Waals surface area contributed by atoms with Gasteiger partial charge in [0.05, 0.1) is 10.6 Å². The van der Waals surface area contributed by atoms with E-state index in [2.05, 4.69) is 9.71 Å². The third-order valence-corrected chi connectivity index (χ3v) is 6.50. The first-order valence-electron chi connectivity index (χ1n) is 5.79. The van der Waals surface area contributed by atoms with E-state index in [-0.39, 0.29) is 9.77 Å². The Morgan fingerprint density at radius 1 is 1.40 bits per heavy atom. The number of carboxylic acids is 1. The lowest BCUT2D eigenvalue weighted by Crippen LogP contribution is -2.12. The van der Waals surface area contributed by atoms with E-state index < -0.39 is 16.0 Å². The molecule has 0 saturated heterocycles. The molecular formula is C11H10N2O4S3. The quantitative estimate of drug-likeness (QED) is 0.896. The van der Waals surface area contributed by atoms with Crippen molar-refractivity contribution in [2.45, 2.75) is 24.2 Å². The first-order valence-corrected chi connectivity index (χ1v) is 8.97. The van der Waals surface area contributed by atoms with Gasteiger partial charge in [-0.05, 0) is 25.3 Å². The van der Waals surface area contributed by atoms with Gasteiger partial charge in [0.15, 0.2) is 5.13 Å². The normalized spacial score (nSPS) is 14.2. The predicted molar refractivity (Wildman–Crippen MR) is 76.2 cm³/mol. The Kier molecular flexibility index (Phi) is 3.27. The zero-order chi connectivity index (χ0) is 14.3. The molecule has 2 heterocycles. The number of anilines is 1. The molecule has 2 N–H and O–H groups in total. The lowest BCUT2D eigenvalue weighted by Gasteiger charge is -2.02. The topological polar surface area (TPSA) is 96.4 Å². The lowest BCUT2D eigenvalue weighted by atomic mass is 10.4. The van der Waals surface area contributed by atoms with Crippen molar-refractivity contribution in [3.63, 3.8) is 0 Å². The highest BCUT2D eigenvalue weighted by Gasteiger charge is 2.22. The van der Waals surface area contributed by atoms with E-state index in [1.165, 1.54) is 16.7 Å². The maximum absolute atomic E-state index is 12.1. The Hall–Kier alpha value is -1.45. The van der Waals surface area contributed by atoms with Gasteiger partial charge in [0.2, 0.25) is 0 Å². The molecule has 0 spiro atoms. The van der Waals surface area contributed by atoms with E-state index in [0.29, 0.717) is 5.13 Å². The van der Waals surface area contributed by atoms with Gasteiger partial charge in [-0.25, -0.2) is 18.2 Å². The molecule has 1 aliphatic carbocycles. The van der Waals surface area contributed by atoms with E-state index >= 15 is 0 Å². The third-order valence-electron chi connectivity index (χ3n) is 2.91. The monoisotopic (exact) mass is 330 g/mol. The van der Waals surface area contributed by atoms with Crippen LogP contribution in [0.3, 0.4) is 0 Å². The van der Waals surface area contributed by atoms with Gasteiger partial charge in [-0.1, -0.05) is 0 Å². The number of rotatable bonds is 4. The number of hydrogen-bond donors (Lipinski definition) is 2. The van der Waals surface area contributed by atoms with Crippen molar-refractivity contribution in [2.24, 2.45) is 0 Å². The van der Waals surface area contributed by atoms with Crippen LogP contribution in [0.2, 0.25) is 0 Å². The molecule has 2 aromatic heterocycles. The number of aromatic carboxylic acids is 1. The van der Waals surface area contributed by atoms with Crippen LogP contribution in [0.25, 0.3) is 0 Å². The van der Waals surface area contributed by atoms with E-state index in [1.807, 2.05) is 0 Å². The smallest absolute Gasteiger partial charge is 0.345 e. The molecule has 6 nitrogen and oxygen atoms in total. The molecule has 9 heteroatoms. The average molecular weight is 330 g/mol. The molecule has 0 aliphatic heterocycles. The molecule has 20 heavy (non-hydrogen) atoms. The largest absolute Gasteiger partial charge is 0.477 e. The van der Waals surface area contributed by atoms with Crippen molar-refractivity contribution in [2.75, 3.05) is 4.72 Å². The van der Waals surface area contributed by atoms with Crippen molar-refractivity contribution >= 4 is 43.8 Å². The average Bonchev–Trinajstić information content (AvgIpc) is 3.01. The molecule has 3 rings (SSSR count). The van der Waals surface area contributed by atoms with Gasteiger partial charge < -0.3 is 5.11 Å². The van der Waals surface area contributed by atoms with Gasteiger partial charge in [-0.2, -0.15) is 0 Å². The maximum Gasteiger partial charge on any atom is 0.345 e. The van der Waals surface area contributed by atoms with Crippen LogP contribution in [-0.2, 0) is 22.9 Å². The molecule has 0 amide bonds. The van der Waals surface area contributed by atoms with E-state index in [1.54, 1.807) is 0 Å². The van der Waals surface area contributed by atoms with Crippen LogP contribution in [0.4, 0.5) is 5.13 Å². The summed E-state index contributed by atoms with van der Waals surface area (Å²) < 4.78 is 26.7. The molecule has 0 saturated carbocycles. The minimum Gasteiger partial charge on any atom is -0.477 e. The first kappa shape index (κ1) is 13.5. The highest BCUT2D eigenvalue weighted by Crippen LogP contribution is 2.32. The zero-order valence-electron chi connectivity index (χ0n) is 10.1. The number of aryl methyl sites for hydroxylation is 2. The van der Waals surface area contributed by atoms with Crippen LogP contribution >= 0.6 is 22.7 Å². The molecular weight excluding hydrogens is 320 g/mol. The Morgan fingerprint density at radius 3 is 2.85 bits per heavy atom. The number of carbonyl (C=O) groups is 1. The number of carboxylic acid groups (broad SMARTS) is 1. The van der Waals surface area contributed by atoms with Crippen LogP contribution < -0.4 is 4.72 Å². The van der Waals surface area contributed by atoms with Crippen molar-refractivity contribution in [1.29, 1.82) is 0 Å². The number of hydrogen-bond acceptors (Lipinski definition) is 6. The minimum absolute atomic E-state index is 0.00740. The van der Waals surface area contributed by atoms with Crippen molar-refractivity contribution in [1.82, 2.24) is 4.98 Å². The molecule has 2 aromatic rings. The second kappa shape index (κ2) is 4.83. The van der Waals surface area contributed by atoms with E-state index in [9.17, 15) is 13.2 Å². The van der Waals surface area contributed by atoms with Gasteiger partial charge in [0.25, 0.3) is 10.0 Å². The van der Waals surface area contributed by atoms with Crippen molar-refractivity contribution in [3.8, 4) is 0 Å². The summed E-state index contributed by atoms with van der Waals surface area (Å²) >= 11 is 2.23. The summed E-state index contributed by atoms with van der Waals surface area (Å²) in [5.41, 5.74) is 0.962. The second-order valence-electron chi connectivity index (χ2n) is 4.30. The van der Waals surface area contributed by atoms with Crippen molar-refractivity contribution < 1.29 is 18.3 Å². The van der Waals surface area contributed by atoms with Crippen LogP contribution in [0.1, 0.15) is 26.7 Å². The fourth-order valence-corrected chi connectivity index (χ4v) is 5.38. The van der Waals surface area contributed by atoms with Gasteiger partial charge in [0, 0.05) is 10.3 Å². The summed E-state index contributed by atoms with van der Waals surface area (Å²) in [4.78, 5) is 16.1. The summed E-state index contributed by atoms with van der Waals surface area (Å²) in [5.74, 6) is -1.13. The van der Waals surface area contributed by atoms with Gasteiger partial charge >= 0.3 is 5.97 Å². The lowest BCUT2D eigenvalue weighted by molar-refractivity contribution is 0.0702. The summed E-state index contributed by atoms with van der Waals surface area (Å²) in [6.45, 7) is 0. The molecule has 1 aliphatic rings. The molecule has 0 bridgehead atoms. The highest BCUT2D eigenvalue weighted by molar-refractivity contribution is 7.93. The number of nitrogens with zero attached hydrogens (tertiary/aromatic N) is 1.